The lowest BCUT2D eigenvalue weighted by atomic mass is 10.1. The van der Waals surface area contributed by atoms with Crippen molar-refractivity contribution in [2.24, 2.45) is 0 Å². The summed E-state index contributed by atoms with van der Waals surface area (Å²) in [6, 6.07) is 5.45. The van der Waals surface area contributed by atoms with Gasteiger partial charge in [-0.1, -0.05) is 22.0 Å². The van der Waals surface area contributed by atoms with Gasteiger partial charge in [0.05, 0.1) is 6.26 Å². The van der Waals surface area contributed by atoms with Gasteiger partial charge in [-0.15, -0.1) is 0 Å². The third kappa shape index (κ3) is 5.60. The quantitative estimate of drug-likeness (QED) is 0.838. The average molecular weight is 363 g/mol. The molecule has 112 valence electrons. The van der Waals surface area contributed by atoms with E-state index in [9.17, 15) is 13.2 Å². The summed E-state index contributed by atoms with van der Waals surface area (Å²) < 4.78 is 25.8. The molecule has 7 heteroatoms. The van der Waals surface area contributed by atoms with Crippen molar-refractivity contribution in [2.75, 3.05) is 12.8 Å². The SMILES string of the molecule is Cc1ccc(Br)cc1C(=O)NCC(C)(C)NS(C)(=O)=O. The molecule has 0 aliphatic carbocycles. The van der Waals surface area contributed by atoms with Gasteiger partial charge in [-0.05, 0) is 38.5 Å². The van der Waals surface area contributed by atoms with E-state index in [-0.39, 0.29) is 12.5 Å². The maximum atomic E-state index is 12.1. The van der Waals surface area contributed by atoms with E-state index in [2.05, 4.69) is 26.0 Å². The molecule has 1 aromatic carbocycles. The zero-order valence-corrected chi connectivity index (χ0v) is 14.4. The summed E-state index contributed by atoms with van der Waals surface area (Å²) in [6.45, 7) is 5.47. The minimum absolute atomic E-state index is 0.199. The Bertz CT molecular complexity index is 612. The Labute approximate surface area is 128 Å². The van der Waals surface area contributed by atoms with Crippen LogP contribution in [0.3, 0.4) is 0 Å². The Kier molecular flexibility index (Phi) is 5.34. The molecule has 0 spiro atoms. The molecule has 0 aromatic heterocycles. The molecule has 0 unspecified atom stereocenters. The molecule has 0 saturated heterocycles. The molecule has 0 aliphatic rings. The molecule has 1 amide bonds. The van der Waals surface area contributed by atoms with Crippen LogP contribution in [0.5, 0.6) is 0 Å². The molecule has 5 nitrogen and oxygen atoms in total. The van der Waals surface area contributed by atoms with Crippen molar-refractivity contribution in [3.63, 3.8) is 0 Å². The summed E-state index contributed by atoms with van der Waals surface area (Å²) in [7, 11) is -3.32. The molecule has 0 aliphatic heterocycles. The normalized spacial score (nSPS) is 12.2. The summed E-state index contributed by atoms with van der Waals surface area (Å²) in [5.41, 5.74) is 0.678. The maximum absolute atomic E-state index is 12.1. The van der Waals surface area contributed by atoms with E-state index >= 15 is 0 Å². The van der Waals surface area contributed by atoms with Gasteiger partial charge in [0.15, 0.2) is 0 Å². The Morgan fingerprint density at radius 1 is 1.35 bits per heavy atom. The van der Waals surface area contributed by atoms with Crippen molar-refractivity contribution in [3.05, 3.63) is 33.8 Å². The number of sulfonamides is 1. The van der Waals surface area contributed by atoms with Crippen molar-refractivity contribution in [2.45, 2.75) is 26.3 Å². The lowest BCUT2D eigenvalue weighted by Crippen LogP contribution is -2.51. The van der Waals surface area contributed by atoms with Crippen molar-refractivity contribution in [1.29, 1.82) is 0 Å². The lowest BCUT2D eigenvalue weighted by Gasteiger charge is -2.25. The fraction of sp³-hybridized carbons (Fsp3) is 0.462. The van der Waals surface area contributed by atoms with Crippen LogP contribution in [0.2, 0.25) is 0 Å². The minimum Gasteiger partial charge on any atom is -0.350 e. The number of amides is 1. The molecule has 1 rings (SSSR count). The largest absolute Gasteiger partial charge is 0.350 e. The van der Waals surface area contributed by atoms with Gasteiger partial charge in [-0.25, -0.2) is 13.1 Å². The number of aryl methyl sites for hydroxylation is 1. The summed E-state index contributed by atoms with van der Waals surface area (Å²) in [4.78, 5) is 12.1. The first-order chi connectivity index (χ1) is 9.00. The third-order valence-electron chi connectivity index (χ3n) is 2.60. The van der Waals surface area contributed by atoms with Crippen molar-refractivity contribution in [1.82, 2.24) is 10.0 Å². The smallest absolute Gasteiger partial charge is 0.251 e. The van der Waals surface area contributed by atoms with Crippen LogP contribution < -0.4 is 10.0 Å². The molecule has 1 aromatic rings. The van der Waals surface area contributed by atoms with Gasteiger partial charge in [-0.2, -0.15) is 0 Å². The number of carbonyl (C=O) groups is 1. The molecule has 0 bridgehead atoms. The zero-order valence-electron chi connectivity index (χ0n) is 12.0. The second-order valence-electron chi connectivity index (χ2n) is 5.40. The monoisotopic (exact) mass is 362 g/mol. The highest BCUT2D eigenvalue weighted by molar-refractivity contribution is 9.10. The van der Waals surface area contributed by atoms with Gasteiger partial charge in [0.2, 0.25) is 10.0 Å². The Morgan fingerprint density at radius 2 is 1.95 bits per heavy atom. The number of benzene rings is 1. The highest BCUT2D eigenvalue weighted by Gasteiger charge is 2.23. The van der Waals surface area contributed by atoms with Gasteiger partial charge < -0.3 is 5.32 Å². The van der Waals surface area contributed by atoms with E-state index in [4.69, 9.17) is 0 Å². The van der Waals surface area contributed by atoms with Crippen molar-refractivity contribution >= 4 is 31.9 Å². The van der Waals surface area contributed by atoms with E-state index in [1.54, 1.807) is 19.9 Å². The second-order valence-corrected chi connectivity index (χ2v) is 8.06. The Hall–Kier alpha value is -0.920. The molecule has 20 heavy (non-hydrogen) atoms. The van der Waals surface area contributed by atoms with Crippen LogP contribution in [-0.2, 0) is 10.0 Å². The summed E-state index contributed by atoms with van der Waals surface area (Å²) in [5.74, 6) is -0.229. The van der Waals surface area contributed by atoms with E-state index in [1.165, 1.54) is 0 Å². The second kappa shape index (κ2) is 6.24. The predicted molar refractivity (Wildman–Crippen MR) is 83.3 cm³/mol. The van der Waals surface area contributed by atoms with E-state index in [0.29, 0.717) is 5.56 Å². The summed E-state index contributed by atoms with van der Waals surface area (Å²) >= 11 is 3.32. The van der Waals surface area contributed by atoms with Crippen LogP contribution in [0.25, 0.3) is 0 Å². The van der Waals surface area contributed by atoms with Crippen LogP contribution in [0.4, 0.5) is 0 Å². The fourth-order valence-electron chi connectivity index (χ4n) is 1.77. The van der Waals surface area contributed by atoms with Gasteiger partial charge in [0.1, 0.15) is 0 Å². The first-order valence-corrected chi connectivity index (χ1v) is 8.72. The molecule has 0 fully saturated rings. The Balaban J connectivity index is 2.75. The van der Waals surface area contributed by atoms with Crippen LogP contribution in [-0.4, -0.2) is 32.7 Å². The van der Waals surface area contributed by atoms with Gasteiger partial charge in [0.25, 0.3) is 5.91 Å². The highest BCUT2D eigenvalue weighted by atomic mass is 79.9. The number of carbonyl (C=O) groups excluding carboxylic acids is 1. The van der Waals surface area contributed by atoms with Crippen LogP contribution >= 0.6 is 15.9 Å². The first-order valence-electron chi connectivity index (χ1n) is 6.03. The van der Waals surface area contributed by atoms with Crippen molar-refractivity contribution in [3.8, 4) is 0 Å². The van der Waals surface area contributed by atoms with Crippen LogP contribution in [0.15, 0.2) is 22.7 Å². The lowest BCUT2D eigenvalue weighted by molar-refractivity contribution is 0.0944. The maximum Gasteiger partial charge on any atom is 0.251 e. The number of nitrogens with one attached hydrogen (secondary N) is 2. The molecule has 0 radical (unpaired) electrons. The predicted octanol–water partition coefficient (Wildman–Crippen LogP) is 1.82. The molecular weight excluding hydrogens is 344 g/mol. The highest BCUT2D eigenvalue weighted by Crippen LogP contribution is 2.16. The molecule has 0 heterocycles. The molecule has 0 saturated carbocycles. The first kappa shape index (κ1) is 17.1. The van der Waals surface area contributed by atoms with Gasteiger partial charge >= 0.3 is 0 Å². The topological polar surface area (TPSA) is 75.3 Å². The van der Waals surface area contributed by atoms with Crippen LogP contribution in [0, 0.1) is 6.92 Å². The number of rotatable bonds is 5. The molecule has 0 atom stereocenters. The standard InChI is InChI=1S/C13H19BrN2O3S/c1-9-5-6-10(14)7-11(9)12(17)15-8-13(2,3)16-20(4,18)19/h5-7,16H,8H2,1-4H3,(H,15,17). The van der Waals surface area contributed by atoms with Gasteiger partial charge in [0, 0.05) is 22.1 Å². The summed E-state index contributed by atoms with van der Waals surface area (Å²) in [5, 5.41) is 2.74. The van der Waals surface area contributed by atoms with Gasteiger partial charge in [-0.3, -0.25) is 4.79 Å². The Morgan fingerprint density at radius 3 is 2.50 bits per heavy atom. The minimum atomic E-state index is -3.32. The number of halogens is 1. The zero-order chi connectivity index (χ0) is 15.6. The third-order valence-corrected chi connectivity index (χ3v) is 4.01. The van der Waals surface area contributed by atoms with E-state index in [0.717, 1.165) is 16.3 Å². The number of hydrogen-bond donors (Lipinski definition) is 2. The number of hydrogen-bond acceptors (Lipinski definition) is 3. The van der Waals surface area contributed by atoms with E-state index < -0.39 is 15.6 Å². The van der Waals surface area contributed by atoms with Crippen LogP contribution in [0.1, 0.15) is 29.8 Å². The average Bonchev–Trinajstić information content (AvgIpc) is 2.26. The summed E-state index contributed by atoms with van der Waals surface area (Å²) in [6.07, 6.45) is 1.09. The van der Waals surface area contributed by atoms with E-state index in [1.807, 2.05) is 19.1 Å². The molecule has 2 N–H and O–H groups in total. The fourth-order valence-corrected chi connectivity index (χ4v) is 3.21. The van der Waals surface area contributed by atoms with Crippen molar-refractivity contribution < 1.29 is 13.2 Å². The molecular formula is C13H19BrN2O3S.